The average molecular weight is 416 g/mol. The number of carboxylic acid groups (broad SMARTS) is 1. The molecule has 0 heterocycles. The van der Waals surface area contributed by atoms with E-state index >= 15 is 0 Å². The number of nitrogens with two attached hydrogens (primary N) is 1. The number of amides is 1. The fourth-order valence-electron chi connectivity index (χ4n) is 1.76. The number of alkyl carbamates (subject to hydrolysis) is 1. The van der Waals surface area contributed by atoms with E-state index in [1.54, 1.807) is 20.8 Å². The van der Waals surface area contributed by atoms with E-state index in [2.05, 4.69) is 31.2 Å². The van der Waals surface area contributed by atoms with Crippen LogP contribution >= 0.6 is 15.9 Å². The number of hydrogen-bond acceptors (Lipinski definition) is 5. The number of oxime groups is 1. The van der Waals surface area contributed by atoms with E-state index in [4.69, 9.17) is 15.6 Å². The molecule has 0 aromatic heterocycles. The molecule has 9 heteroatoms. The van der Waals surface area contributed by atoms with Crippen LogP contribution in [0.4, 0.5) is 4.79 Å². The molecule has 1 rings (SSSR count). The fraction of sp³-hybridized carbons (Fsp3) is 0.438. The number of halogens is 1. The van der Waals surface area contributed by atoms with Crippen molar-refractivity contribution in [2.45, 2.75) is 38.8 Å². The molecular weight excluding hydrogens is 394 g/mol. The quantitative estimate of drug-likeness (QED) is 0.356. The van der Waals surface area contributed by atoms with Crippen LogP contribution < -0.4 is 11.1 Å². The summed E-state index contributed by atoms with van der Waals surface area (Å²) in [7, 11) is 0. The first-order chi connectivity index (χ1) is 11.6. The number of carboxylic acids is 1. The number of amidine groups is 1. The summed E-state index contributed by atoms with van der Waals surface area (Å²) in [6, 6.07) is 6.71. The standard InChI is InChI=1S/C16H22BrN3O5/c1-16(2,3)25-15(23)19-12(14(18)20-24-9-13(21)22)8-10-4-6-11(17)7-5-10/h4-7,12H,8-9H2,1-3H3,(H2,18,20)(H,19,23)(H,21,22). The molecule has 0 spiro atoms. The fourth-order valence-corrected chi connectivity index (χ4v) is 2.03. The molecule has 0 aliphatic rings. The van der Waals surface area contributed by atoms with Gasteiger partial charge in [0.15, 0.2) is 5.84 Å². The van der Waals surface area contributed by atoms with Gasteiger partial charge in [-0.25, -0.2) is 9.59 Å². The topological polar surface area (TPSA) is 123 Å². The van der Waals surface area contributed by atoms with E-state index < -0.39 is 30.3 Å². The Morgan fingerprint density at radius 3 is 2.44 bits per heavy atom. The Morgan fingerprint density at radius 1 is 1.32 bits per heavy atom. The highest BCUT2D eigenvalue weighted by Gasteiger charge is 2.22. The summed E-state index contributed by atoms with van der Waals surface area (Å²) in [6.07, 6.45) is -0.329. The number of rotatable bonds is 7. The lowest BCUT2D eigenvalue weighted by Crippen LogP contribution is -2.47. The van der Waals surface area contributed by atoms with Crippen molar-refractivity contribution in [3.05, 3.63) is 34.3 Å². The highest BCUT2D eigenvalue weighted by atomic mass is 79.9. The molecule has 0 bridgehead atoms. The molecule has 138 valence electrons. The zero-order valence-electron chi connectivity index (χ0n) is 14.3. The number of hydrogen-bond donors (Lipinski definition) is 3. The highest BCUT2D eigenvalue weighted by molar-refractivity contribution is 9.10. The minimum absolute atomic E-state index is 0.0602. The molecule has 0 fully saturated rings. The molecule has 0 aliphatic carbocycles. The number of nitrogens with zero attached hydrogens (tertiary/aromatic N) is 1. The number of aliphatic carboxylic acids is 1. The van der Waals surface area contributed by atoms with Crippen LogP contribution in [0.5, 0.6) is 0 Å². The van der Waals surface area contributed by atoms with Crippen molar-refractivity contribution < 1.29 is 24.3 Å². The summed E-state index contributed by atoms with van der Waals surface area (Å²) < 4.78 is 6.13. The van der Waals surface area contributed by atoms with Gasteiger partial charge in [-0.05, 0) is 38.5 Å². The predicted molar refractivity (Wildman–Crippen MR) is 96.2 cm³/mol. The Morgan fingerprint density at radius 2 is 1.92 bits per heavy atom. The number of carbonyl (C=O) groups excluding carboxylic acids is 1. The van der Waals surface area contributed by atoms with Crippen LogP contribution in [0, 0.1) is 0 Å². The van der Waals surface area contributed by atoms with Crippen molar-refractivity contribution in [3.63, 3.8) is 0 Å². The zero-order chi connectivity index (χ0) is 19.0. The van der Waals surface area contributed by atoms with E-state index in [0.29, 0.717) is 6.42 Å². The third kappa shape index (κ3) is 8.94. The lowest BCUT2D eigenvalue weighted by molar-refractivity contribution is -0.142. The second-order valence-electron chi connectivity index (χ2n) is 6.21. The molecule has 0 aliphatic heterocycles. The van der Waals surface area contributed by atoms with Crippen LogP contribution in [0.15, 0.2) is 33.9 Å². The monoisotopic (exact) mass is 415 g/mol. The van der Waals surface area contributed by atoms with E-state index in [-0.39, 0.29) is 5.84 Å². The first-order valence-electron chi connectivity index (χ1n) is 7.48. The summed E-state index contributed by atoms with van der Waals surface area (Å²) in [5, 5.41) is 14.8. The second-order valence-corrected chi connectivity index (χ2v) is 7.13. The summed E-state index contributed by atoms with van der Waals surface area (Å²) in [6.45, 7) is 4.59. The molecule has 0 radical (unpaired) electrons. The SMILES string of the molecule is CC(C)(C)OC(=O)NC(Cc1ccc(Br)cc1)/C(N)=N/OCC(=O)O. The number of ether oxygens (including phenoxy) is 1. The first kappa shape index (κ1) is 20.8. The van der Waals surface area contributed by atoms with Crippen LogP contribution in [0.2, 0.25) is 0 Å². The molecule has 1 aromatic rings. The van der Waals surface area contributed by atoms with Gasteiger partial charge < -0.3 is 25.7 Å². The number of carbonyl (C=O) groups is 2. The van der Waals surface area contributed by atoms with Gasteiger partial charge in [0.2, 0.25) is 6.61 Å². The van der Waals surface area contributed by atoms with Crippen LogP contribution in [0.3, 0.4) is 0 Å². The maximum absolute atomic E-state index is 12.0. The molecule has 1 amide bonds. The largest absolute Gasteiger partial charge is 0.479 e. The van der Waals surface area contributed by atoms with Gasteiger partial charge in [0, 0.05) is 10.9 Å². The van der Waals surface area contributed by atoms with Gasteiger partial charge >= 0.3 is 12.1 Å². The Bertz CT molecular complexity index is 626. The van der Waals surface area contributed by atoms with Gasteiger partial charge in [-0.15, -0.1) is 0 Å². The van der Waals surface area contributed by atoms with Crippen LogP contribution in [-0.2, 0) is 20.8 Å². The Balaban J connectivity index is 2.86. The zero-order valence-corrected chi connectivity index (χ0v) is 15.9. The second kappa shape index (κ2) is 9.26. The molecule has 1 unspecified atom stereocenters. The minimum Gasteiger partial charge on any atom is -0.479 e. The van der Waals surface area contributed by atoms with E-state index in [0.717, 1.165) is 10.0 Å². The van der Waals surface area contributed by atoms with Gasteiger partial charge in [0.05, 0.1) is 6.04 Å². The normalized spacial score (nSPS) is 13.0. The average Bonchev–Trinajstić information content (AvgIpc) is 2.46. The summed E-state index contributed by atoms with van der Waals surface area (Å²) >= 11 is 3.35. The van der Waals surface area contributed by atoms with E-state index in [9.17, 15) is 9.59 Å². The van der Waals surface area contributed by atoms with Crippen molar-refractivity contribution >= 4 is 33.8 Å². The predicted octanol–water partition coefficient (Wildman–Crippen LogP) is 2.26. The highest BCUT2D eigenvalue weighted by Crippen LogP contribution is 2.13. The van der Waals surface area contributed by atoms with Crippen molar-refractivity contribution in [1.82, 2.24) is 5.32 Å². The van der Waals surface area contributed by atoms with Crippen LogP contribution in [0.1, 0.15) is 26.3 Å². The van der Waals surface area contributed by atoms with Crippen molar-refractivity contribution in [1.29, 1.82) is 0 Å². The van der Waals surface area contributed by atoms with Crippen molar-refractivity contribution in [3.8, 4) is 0 Å². The van der Waals surface area contributed by atoms with Gasteiger partial charge in [-0.3, -0.25) is 0 Å². The van der Waals surface area contributed by atoms with Gasteiger partial charge in [0.25, 0.3) is 0 Å². The molecule has 25 heavy (non-hydrogen) atoms. The maximum Gasteiger partial charge on any atom is 0.408 e. The summed E-state index contributed by atoms with van der Waals surface area (Å²) in [5.41, 5.74) is 6.07. The van der Waals surface area contributed by atoms with Gasteiger partial charge in [0.1, 0.15) is 5.60 Å². The van der Waals surface area contributed by atoms with E-state index in [1.807, 2.05) is 24.3 Å². The Labute approximate surface area is 154 Å². The third-order valence-corrected chi connectivity index (χ3v) is 3.29. The van der Waals surface area contributed by atoms with Gasteiger partial charge in [-0.2, -0.15) is 0 Å². The lowest BCUT2D eigenvalue weighted by Gasteiger charge is -2.23. The number of benzene rings is 1. The molecular formula is C16H22BrN3O5. The third-order valence-electron chi connectivity index (χ3n) is 2.76. The maximum atomic E-state index is 12.0. The van der Waals surface area contributed by atoms with E-state index in [1.165, 1.54) is 0 Å². The number of nitrogens with one attached hydrogen (secondary N) is 1. The van der Waals surface area contributed by atoms with Crippen LogP contribution in [0.25, 0.3) is 0 Å². The lowest BCUT2D eigenvalue weighted by atomic mass is 10.1. The van der Waals surface area contributed by atoms with Crippen LogP contribution in [-0.4, -0.2) is 41.3 Å². The molecule has 1 aromatic carbocycles. The Hall–Kier alpha value is -2.29. The smallest absolute Gasteiger partial charge is 0.408 e. The molecule has 8 nitrogen and oxygen atoms in total. The Kier molecular flexibility index (Phi) is 7.69. The minimum atomic E-state index is -1.18. The van der Waals surface area contributed by atoms with Crippen molar-refractivity contribution in [2.75, 3.05) is 6.61 Å². The first-order valence-corrected chi connectivity index (χ1v) is 8.27. The summed E-state index contributed by atoms with van der Waals surface area (Å²) in [5.74, 6) is -1.24. The molecule has 0 saturated heterocycles. The molecule has 4 N–H and O–H groups in total. The summed E-state index contributed by atoms with van der Waals surface area (Å²) in [4.78, 5) is 27.1. The van der Waals surface area contributed by atoms with Gasteiger partial charge in [-0.1, -0.05) is 33.2 Å². The molecule has 1 atom stereocenters. The van der Waals surface area contributed by atoms with Crippen molar-refractivity contribution in [2.24, 2.45) is 10.9 Å². The molecule has 0 saturated carbocycles.